The van der Waals surface area contributed by atoms with E-state index in [-0.39, 0.29) is 0 Å². The molecule has 0 saturated heterocycles. The van der Waals surface area contributed by atoms with Crippen LogP contribution in [0.5, 0.6) is 0 Å². The normalized spacial score (nSPS) is 19.5. The molecule has 3 heterocycles. The Kier molecular flexibility index (Phi) is 3.09. The Morgan fingerprint density at radius 1 is 1.32 bits per heavy atom. The molecule has 1 spiro atoms. The van der Waals surface area contributed by atoms with Crippen molar-refractivity contribution in [3.8, 4) is 0 Å². The zero-order valence-electron chi connectivity index (χ0n) is 12.2. The van der Waals surface area contributed by atoms with Gasteiger partial charge in [-0.15, -0.1) is 0 Å². The van der Waals surface area contributed by atoms with Gasteiger partial charge in [-0.1, -0.05) is 20.3 Å². The molecule has 1 fully saturated rings. The van der Waals surface area contributed by atoms with Crippen LogP contribution >= 0.6 is 0 Å². The molecule has 1 N–H and O–H groups in total. The Hall–Kier alpha value is -1.35. The van der Waals surface area contributed by atoms with Crippen LogP contribution in [0.4, 0.5) is 0 Å². The molecule has 0 radical (unpaired) electrons. The van der Waals surface area contributed by atoms with Gasteiger partial charge in [-0.05, 0) is 24.5 Å². The maximum Gasteiger partial charge on any atom is 0.0514 e. The maximum absolute atomic E-state index is 4.32. The molecule has 0 aromatic carbocycles. The minimum absolute atomic E-state index is 0.413. The molecular weight excluding hydrogens is 234 g/mol. The summed E-state index contributed by atoms with van der Waals surface area (Å²) >= 11 is 0. The van der Waals surface area contributed by atoms with E-state index in [9.17, 15) is 0 Å². The lowest BCUT2D eigenvalue weighted by atomic mass is 9.62. The number of aryl methyl sites for hydroxylation is 1. The van der Waals surface area contributed by atoms with E-state index in [1.807, 2.05) is 20.0 Å². The van der Waals surface area contributed by atoms with Crippen LogP contribution in [0.15, 0.2) is 18.5 Å². The van der Waals surface area contributed by atoms with Crippen molar-refractivity contribution in [1.82, 2.24) is 14.9 Å². The molecule has 0 amide bonds. The second-order valence-electron chi connectivity index (χ2n) is 5.51. The SMILES string of the molecule is CC.Cn1c2c(c3cnccc31)C1(CCC1)CNC2. The van der Waals surface area contributed by atoms with Crippen LogP contribution in [-0.2, 0) is 19.0 Å². The van der Waals surface area contributed by atoms with E-state index in [4.69, 9.17) is 0 Å². The minimum atomic E-state index is 0.413. The average molecular weight is 257 g/mol. The highest BCUT2D eigenvalue weighted by atomic mass is 15.0. The van der Waals surface area contributed by atoms with Gasteiger partial charge in [-0.3, -0.25) is 4.98 Å². The summed E-state index contributed by atoms with van der Waals surface area (Å²) in [5.41, 5.74) is 4.81. The Labute approximate surface area is 115 Å². The van der Waals surface area contributed by atoms with Crippen molar-refractivity contribution in [1.29, 1.82) is 0 Å². The molecule has 4 rings (SSSR count). The summed E-state index contributed by atoms with van der Waals surface area (Å²) in [7, 11) is 2.18. The zero-order valence-corrected chi connectivity index (χ0v) is 12.2. The van der Waals surface area contributed by atoms with E-state index < -0.39 is 0 Å². The fraction of sp³-hybridized carbons (Fsp3) is 0.562. The van der Waals surface area contributed by atoms with Gasteiger partial charge in [0.1, 0.15) is 0 Å². The fourth-order valence-electron chi connectivity index (χ4n) is 3.68. The molecule has 19 heavy (non-hydrogen) atoms. The van der Waals surface area contributed by atoms with Gasteiger partial charge < -0.3 is 9.88 Å². The predicted octanol–water partition coefficient (Wildman–Crippen LogP) is 3.12. The van der Waals surface area contributed by atoms with Crippen LogP contribution in [0, 0.1) is 0 Å². The number of fused-ring (bicyclic) bond motifs is 4. The molecule has 1 saturated carbocycles. The van der Waals surface area contributed by atoms with Crippen LogP contribution in [0.2, 0.25) is 0 Å². The number of hydrogen-bond donors (Lipinski definition) is 1. The summed E-state index contributed by atoms with van der Waals surface area (Å²) in [5.74, 6) is 0. The first-order chi connectivity index (χ1) is 9.32. The first kappa shape index (κ1) is 12.7. The van der Waals surface area contributed by atoms with E-state index in [1.165, 1.54) is 35.9 Å². The van der Waals surface area contributed by atoms with Crippen molar-refractivity contribution in [2.75, 3.05) is 6.54 Å². The summed E-state index contributed by atoms with van der Waals surface area (Å²) in [5, 5.41) is 4.98. The first-order valence-corrected chi connectivity index (χ1v) is 7.44. The smallest absolute Gasteiger partial charge is 0.0514 e. The minimum Gasteiger partial charge on any atom is -0.346 e. The molecule has 0 bridgehead atoms. The Balaban J connectivity index is 0.000000528. The van der Waals surface area contributed by atoms with Gasteiger partial charge in [0.2, 0.25) is 0 Å². The van der Waals surface area contributed by atoms with Gasteiger partial charge >= 0.3 is 0 Å². The van der Waals surface area contributed by atoms with Gasteiger partial charge in [0, 0.05) is 49.0 Å². The quantitative estimate of drug-likeness (QED) is 0.786. The predicted molar refractivity (Wildman–Crippen MR) is 79.3 cm³/mol. The number of nitrogens with zero attached hydrogens (tertiary/aromatic N) is 2. The second kappa shape index (κ2) is 4.64. The second-order valence-corrected chi connectivity index (χ2v) is 5.51. The number of pyridine rings is 1. The summed E-state index contributed by atoms with van der Waals surface area (Å²) < 4.78 is 2.35. The highest BCUT2D eigenvalue weighted by Gasteiger charge is 2.44. The molecule has 3 nitrogen and oxygen atoms in total. The van der Waals surface area contributed by atoms with E-state index in [0.29, 0.717) is 5.41 Å². The van der Waals surface area contributed by atoms with Crippen molar-refractivity contribution in [2.45, 2.75) is 45.1 Å². The van der Waals surface area contributed by atoms with Crippen LogP contribution in [-0.4, -0.2) is 16.1 Å². The molecule has 1 aliphatic heterocycles. The van der Waals surface area contributed by atoms with Crippen LogP contribution in [0.25, 0.3) is 10.9 Å². The standard InChI is InChI=1S/C14H17N3.C2H6/c1-17-11-3-6-15-7-10(11)13-12(17)8-16-9-14(13)4-2-5-14;1-2/h3,6-7,16H,2,4-5,8-9H2,1H3;1-2H3. The lowest BCUT2D eigenvalue weighted by Gasteiger charge is -2.45. The molecule has 102 valence electrons. The number of rotatable bonds is 0. The van der Waals surface area contributed by atoms with Crippen molar-refractivity contribution >= 4 is 10.9 Å². The monoisotopic (exact) mass is 257 g/mol. The van der Waals surface area contributed by atoms with Crippen molar-refractivity contribution in [3.05, 3.63) is 29.7 Å². The maximum atomic E-state index is 4.32. The van der Waals surface area contributed by atoms with Crippen molar-refractivity contribution in [3.63, 3.8) is 0 Å². The molecule has 2 aromatic rings. The van der Waals surface area contributed by atoms with Crippen LogP contribution < -0.4 is 5.32 Å². The molecule has 0 unspecified atom stereocenters. The molecule has 2 aromatic heterocycles. The number of nitrogens with one attached hydrogen (secondary N) is 1. The Bertz CT molecular complexity index is 593. The zero-order chi connectivity index (χ0) is 13.5. The van der Waals surface area contributed by atoms with Crippen LogP contribution in [0.1, 0.15) is 44.4 Å². The fourth-order valence-corrected chi connectivity index (χ4v) is 3.68. The summed E-state index contributed by atoms with van der Waals surface area (Å²) in [4.78, 5) is 4.32. The van der Waals surface area contributed by atoms with Gasteiger partial charge in [0.15, 0.2) is 0 Å². The third kappa shape index (κ3) is 1.64. The lowest BCUT2D eigenvalue weighted by Crippen LogP contribution is -2.47. The van der Waals surface area contributed by atoms with E-state index >= 15 is 0 Å². The molecule has 3 heteroatoms. The van der Waals surface area contributed by atoms with Crippen molar-refractivity contribution in [2.24, 2.45) is 7.05 Å². The largest absolute Gasteiger partial charge is 0.346 e. The highest BCUT2D eigenvalue weighted by Crippen LogP contribution is 2.49. The van der Waals surface area contributed by atoms with Gasteiger partial charge in [0.05, 0.1) is 5.52 Å². The third-order valence-electron chi connectivity index (χ3n) is 4.72. The van der Waals surface area contributed by atoms with Gasteiger partial charge in [0.25, 0.3) is 0 Å². The van der Waals surface area contributed by atoms with Crippen molar-refractivity contribution < 1.29 is 0 Å². The number of aromatic nitrogens is 2. The molecule has 1 aliphatic carbocycles. The van der Waals surface area contributed by atoms with Gasteiger partial charge in [-0.25, -0.2) is 0 Å². The average Bonchev–Trinajstić information content (AvgIpc) is 2.74. The Morgan fingerprint density at radius 2 is 2.11 bits per heavy atom. The van der Waals surface area contributed by atoms with E-state index in [2.05, 4.69) is 34.2 Å². The first-order valence-electron chi connectivity index (χ1n) is 7.44. The lowest BCUT2D eigenvalue weighted by molar-refractivity contribution is 0.219. The topological polar surface area (TPSA) is 29.9 Å². The molecule has 0 atom stereocenters. The molecular formula is C16H23N3. The van der Waals surface area contributed by atoms with Crippen LogP contribution in [0.3, 0.4) is 0 Å². The van der Waals surface area contributed by atoms with E-state index in [1.54, 1.807) is 5.56 Å². The Morgan fingerprint density at radius 3 is 2.79 bits per heavy atom. The third-order valence-corrected chi connectivity index (χ3v) is 4.72. The summed E-state index contributed by atoms with van der Waals surface area (Å²) in [6, 6.07) is 2.14. The number of hydrogen-bond acceptors (Lipinski definition) is 2. The van der Waals surface area contributed by atoms with E-state index in [0.717, 1.165) is 13.1 Å². The molecule has 2 aliphatic rings. The summed E-state index contributed by atoms with van der Waals surface area (Å²) in [6.07, 6.45) is 7.99. The summed E-state index contributed by atoms with van der Waals surface area (Å²) in [6.45, 7) is 6.15. The van der Waals surface area contributed by atoms with Gasteiger partial charge in [-0.2, -0.15) is 0 Å². The highest BCUT2D eigenvalue weighted by molar-refractivity contribution is 5.86.